The predicted octanol–water partition coefficient (Wildman–Crippen LogP) is 2.84. The van der Waals surface area contributed by atoms with E-state index in [2.05, 4.69) is 0 Å². The van der Waals surface area contributed by atoms with E-state index >= 15 is 0 Å². The molecule has 0 atom stereocenters. The van der Waals surface area contributed by atoms with Gasteiger partial charge >= 0.3 is 0 Å². The van der Waals surface area contributed by atoms with Gasteiger partial charge in [-0.1, -0.05) is 18.2 Å². The molecule has 0 radical (unpaired) electrons. The van der Waals surface area contributed by atoms with Crippen molar-refractivity contribution in [2.24, 2.45) is 0 Å². The van der Waals surface area contributed by atoms with Crippen molar-refractivity contribution in [3.63, 3.8) is 0 Å². The summed E-state index contributed by atoms with van der Waals surface area (Å²) in [5.74, 6) is 0.868. The van der Waals surface area contributed by atoms with E-state index in [1.54, 1.807) is 41.6 Å². The highest BCUT2D eigenvalue weighted by atomic mass is 32.2. The maximum atomic E-state index is 11.5. The molecule has 1 aromatic carbocycles. The maximum Gasteiger partial charge on any atom is 0.250 e. The van der Waals surface area contributed by atoms with Gasteiger partial charge in [0.15, 0.2) is 5.78 Å². The van der Waals surface area contributed by atoms with E-state index in [1.165, 1.54) is 0 Å². The number of pyridine rings is 1. The monoisotopic (exact) mass is 273 g/mol. The number of hydrogen-bond donors (Lipinski definition) is 0. The van der Waals surface area contributed by atoms with Crippen molar-refractivity contribution in [1.29, 1.82) is 0 Å². The maximum absolute atomic E-state index is 11.5. The van der Waals surface area contributed by atoms with Crippen LogP contribution < -0.4 is 5.56 Å². The fourth-order valence-corrected chi connectivity index (χ4v) is 2.62. The molecule has 0 aliphatic carbocycles. The number of aromatic nitrogens is 1. The number of thioether (sulfide) groups is 1. The minimum atomic E-state index is 0.0144. The largest absolute Gasteiger partial charge is 0.315 e. The molecule has 1 heterocycles. The average Bonchev–Trinajstić information content (AvgIpc) is 2.41. The van der Waals surface area contributed by atoms with Crippen LogP contribution in [-0.2, 0) is 6.54 Å². The Kier molecular flexibility index (Phi) is 4.58. The molecule has 0 unspecified atom stereocenters. The Morgan fingerprint density at radius 3 is 2.79 bits per heavy atom. The Balaban J connectivity index is 1.96. The number of Topliss-reactive ketones (excluding diaryl/α,β-unsaturated/α-hetero) is 1. The van der Waals surface area contributed by atoms with E-state index in [0.29, 0.717) is 6.54 Å². The highest BCUT2D eigenvalue weighted by Crippen LogP contribution is 2.19. The van der Waals surface area contributed by atoms with E-state index in [9.17, 15) is 9.59 Å². The number of rotatable bonds is 5. The molecule has 4 heteroatoms. The van der Waals surface area contributed by atoms with E-state index in [1.807, 2.05) is 30.3 Å². The third kappa shape index (κ3) is 3.83. The molecule has 0 aliphatic heterocycles. The summed E-state index contributed by atoms with van der Waals surface area (Å²) in [4.78, 5) is 23.8. The van der Waals surface area contributed by atoms with E-state index in [-0.39, 0.29) is 11.3 Å². The normalized spacial score (nSPS) is 10.4. The Morgan fingerprint density at radius 1 is 1.21 bits per heavy atom. The minimum Gasteiger partial charge on any atom is -0.315 e. The molecule has 1 aromatic heterocycles. The third-order valence-electron chi connectivity index (χ3n) is 2.74. The quantitative estimate of drug-likeness (QED) is 0.621. The second-order valence-corrected chi connectivity index (χ2v) is 5.33. The average molecular weight is 273 g/mol. The highest BCUT2D eigenvalue weighted by molar-refractivity contribution is 7.99. The molecule has 0 amide bonds. The van der Waals surface area contributed by atoms with Crippen LogP contribution in [0.1, 0.15) is 17.3 Å². The van der Waals surface area contributed by atoms with Crippen molar-refractivity contribution in [2.45, 2.75) is 18.4 Å². The van der Waals surface area contributed by atoms with Crippen molar-refractivity contribution >= 4 is 17.5 Å². The van der Waals surface area contributed by atoms with Crippen molar-refractivity contribution in [3.8, 4) is 0 Å². The van der Waals surface area contributed by atoms with Crippen LogP contribution in [0.25, 0.3) is 0 Å². The number of benzene rings is 1. The molecule has 0 bridgehead atoms. The zero-order chi connectivity index (χ0) is 13.7. The zero-order valence-corrected chi connectivity index (χ0v) is 11.5. The molecule has 0 N–H and O–H groups in total. The third-order valence-corrected chi connectivity index (χ3v) is 3.71. The van der Waals surface area contributed by atoms with Crippen LogP contribution in [0.3, 0.4) is 0 Å². The predicted molar refractivity (Wildman–Crippen MR) is 77.9 cm³/mol. The minimum absolute atomic E-state index is 0.0144. The molecule has 98 valence electrons. The fraction of sp³-hybridized carbons (Fsp3) is 0.200. The molecule has 0 fully saturated rings. The Hall–Kier alpha value is -1.81. The van der Waals surface area contributed by atoms with Gasteiger partial charge in [-0.05, 0) is 25.1 Å². The summed E-state index contributed by atoms with van der Waals surface area (Å²) in [5.41, 5.74) is 0.738. The second-order valence-electron chi connectivity index (χ2n) is 4.16. The fourth-order valence-electron chi connectivity index (χ4n) is 1.71. The van der Waals surface area contributed by atoms with Gasteiger partial charge in [-0.3, -0.25) is 9.59 Å². The number of aryl methyl sites for hydroxylation is 1. The molecular formula is C15H15NO2S. The highest BCUT2D eigenvalue weighted by Gasteiger charge is 2.01. The smallest absolute Gasteiger partial charge is 0.250 e. The summed E-state index contributed by atoms with van der Waals surface area (Å²) in [7, 11) is 0. The van der Waals surface area contributed by atoms with Crippen LogP contribution in [0, 0.1) is 0 Å². The van der Waals surface area contributed by atoms with Crippen LogP contribution in [0.5, 0.6) is 0 Å². The molecule has 3 nitrogen and oxygen atoms in total. The lowest BCUT2D eigenvalue weighted by Crippen LogP contribution is -2.18. The summed E-state index contributed by atoms with van der Waals surface area (Å²) in [6, 6.07) is 12.7. The standard InChI is InChI=1S/C15H15NO2S/c1-12(17)13-5-4-6-14(11-13)19-10-9-16-8-3-2-7-15(16)18/h2-8,11H,9-10H2,1H3. The summed E-state index contributed by atoms with van der Waals surface area (Å²) in [6.07, 6.45) is 1.79. The van der Waals surface area contributed by atoms with Gasteiger partial charge in [0.2, 0.25) is 0 Å². The molecule has 0 spiro atoms. The van der Waals surface area contributed by atoms with Crippen LogP contribution in [0.15, 0.2) is 58.4 Å². The van der Waals surface area contributed by atoms with Crippen LogP contribution >= 0.6 is 11.8 Å². The zero-order valence-electron chi connectivity index (χ0n) is 10.7. The topological polar surface area (TPSA) is 39.1 Å². The van der Waals surface area contributed by atoms with Gasteiger partial charge in [0, 0.05) is 35.0 Å². The number of carbonyl (C=O) groups is 1. The number of nitrogens with zero attached hydrogens (tertiary/aromatic N) is 1. The molecule has 2 rings (SSSR count). The van der Waals surface area contributed by atoms with E-state index in [4.69, 9.17) is 0 Å². The van der Waals surface area contributed by atoms with Gasteiger partial charge in [-0.25, -0.2) is 0 Å². The van der Waals surface area contributed by atoms with Crippen molar-refractivity contribution < 1.29 is 4.79 Å². The summed E-state index contributed by atoms with van der Waals surface area (Å²) < 4.78 is 1.68. The number of hydrogen-bond acceptors (Lipinski definition) is 3. The Morgan fingerprint density at radius 2 is 2.05 bits per heavy atom. The van der Waals surface area contributed by atoms with Gasteiger partial charge in [0.1, 0.15) is 0 Å². The first-order chi connectivity index (χ1) is 9.16. The molecule has 2 aromatic rings. The van der Waals surface area contributed by atoms with Gasteiger partial charge in [-0.2, -0.15) is 0 Å². The van der Waals surface area contributed by atoms with Gasteiger partial charge in [-0.15, -0.1) is 11.8 Å². The van der Waals surface area contributed by atoms with Crippen LogP contribution in [0.4, 0.5) is 0 Å². The van der Waals surface area contributed by atoms with Crippen LogP contribution in [0.2, 0.25) is 0 Å². The lowest BCUT2D eigenvalue weighted by molar-refractivity contribution is 0.101. The van der Waals surface area contributed by atoms with Gasteiger partial charge < -0.3 is 4.57 Å². The SMILES string of the molecule is CC(=O)c1cccc(SCCn2ccccc2=O)c1. The molecule has 0 saturated heterocycles. The first kappa shape index (κ1) is 13.6. The van der Waals surface area contributed by atoms with E-state index < -0.39 is 0 Å². The number of carbonyl (C=O) groups excluding carboxylic acids is 1. The molecule has 0 aliphatic rings. The first-order valence-corrected chi connectivity index (χ1v) is 7.04. The Bertz CT molecular complexity index is 634. The van der Waals surface area contributed by atoms with Crippen molar-refractivity contribution in [3.05, 3.63) is 64.6 Å². The molecule has 0 saturated carbocycles. The number of ketones is 1. The summed E-state index contributed by atoms with van der Waals surface area (Å²) in [5, 5.41) is 0. The van der Waals surface area contributed by atoms with E-state index in [0.717, 1.165) is 16.2 Å². The van der Waals surface area contributed by atoms with Gasteiger partial charge in [0.25, 0.3) is 5.56 Å². The Labute approximate surface area is 116 Å². The molecule has 19 heavy (non-hydrogen) atoms. The lowest BCUT2D eigenvalue weighted by atomic mass is 10.2. The van der Waals surface area contributed by atoms with Crippen molar-refractivity contribution in [2.75, 3.05) is 5.75 Å². The lowest BCUT2D eigenvalue weighted by Gasteiger charge is -2.05. The van der Waals surface area contributed by atoms with Gasteiger partial charge in [0.05, 0.1) is 0 Å². The summed E-state index contributed by atoms with van der Waals surface area (Å²) >= 11 is 1.64. The van der Waals surface area contributed by atoms with Crippen molar-refractivity contribution in [1.82, 2.24) is 4.57 Å². The first-order valence-electron chi connectivity index (χ1n) is 6.06. The molecular weight excluding hydrogens is 258 g/mol. The summed E-state index contributed by atoms with van der Waals surface area (Å²) in [6.45, 7) is 2.22. The second kappa shape index (κ2) is 6.38. The van der Waals surface area contributed by atoms with Crippen LogP contribution in [-0.4, -0.2) is 16.1 Å².